The molecule has 1 aliphatic heterocycles. The third kappa shape index (κ3) is 2.49. The van der Waals surface area contributed by atoms with Gasteiger partial charge in [-0.1, -0.05) is 12.1 Å². The maximum atomic E-state index is 10.5. The van der Waals surface area contributed by atoms with Crippen molar-refractivity contribution in [1.82, 2.24) is 5.32 Å². The maximum absolute atomic E-state index is 10.5. The van der Waals surface area contributed by atoms with Crippen LogP contribution < -0.4 is 5.32 Å². The molecule has 15 heavy (non-hydrogen) atoms. The molecule has 1 aromatic rings. The van der Waals surface area contributed by atoms with Crippen molar-refractivity contribution in [3.63, 3.8) is 0 Å². The van der Waals surface area contributed by atoms with E-state index in [-0.39, 0.29) is 10.6 Å². The number of nitrogens with one attached hydrogen (secondary N) is 1. The minimum Gasteiger partial charge on any atom is -0.314 e. The Labute approximate surface area is 92.2 Å². The van der Waals surface area contributed by atoms with Gasteiger partial charge in [0.2, 0.25) is 0 Å². The van der Waals surface area contributed by atoms with Crippen molar-refractivity contribution in [2.24, 2.45) is 0 Å². The fraction of sp³-hybridized carbons (Fsp3) is 0.400. The van der Waals surface area contributed by atoms with E-state index in [1.807, 2.05) is 23.9 Å². The van der Waals surface area contributed by atoms with E-state index in [1.54, 1.807) is 12.1 Å². The molecule has 0 radical (unpaired) electrons. The Morgan fingerprint density at radius 1 is 1.40 bits per heavy atom. The van der Waals surface area contributed by atoms with Crippen LogP contribution in [0.1, 0.15) is 10.8 Å². The second-order valence-electron chi connectivity index (χ2n) is 3.41. The standard InChI is InChI=1S/C10H12N2O2S/c13-12(14)9-3-1-8(2-4-9)10-7-11-5-6-15-10/h1-4,10-11H,5-7H2. The molecule has 5 heteroatoms. The summed E-state index contributed by atoms with van der Waals surface area (Å²) in [7, 11) is 0. The molecule has 80 valence electrons. The number of nitro benzene ring substituents is 1. The Morgan fingerprint density at radius 2 is 2.13 bits per heavy atom. The number of thioether (sulfide) groups is 1. The summed E-state index contributed by atoms with van der Waals surface area (Å²) in [5.74, 6) is 1.10. The molecule has 0 aliphatic carbocycles. The smallest absolute Gasteiger partial charge is 0.269 e. The van der Waals surface area contributed by atoms with Gasteiger partial charge >= 0.3 is 0 Å². The van der Waals surface area contributed by atoms with E-state index in [0.29, 0.717) is 5.25 Å². The molecule has 4 nitrogen and oxygen atoms in total. The van der Waals surface area contributed by atoms with Gasteiger partial charge in [0.25, 0.3) is 5.69 Å². The summed E-state index contributed by atoms with van der Waals surface area (Å²) in [5.41, 5.74) is 1.32. The highest BCUT2D eigenvalue weighted by Gasteiger charge is 2.16. The largest absolute Gasteiger partial charge is 0.314 e. The number of hydrogen-bond acceptors (Lipinski definition) is 4. The van der Waals surface area contributed by atoms with Crippen molar-refractivity contribution in [3.05, 3.63) is 39.9 Å². The lowest BCUT2D eigenvalue weighted by molar-refractivity contribution is -0.384. The predicted octanol–water partition coefficient (Wildman–Crippen LogP) is 1.97. The summed E-state index contributed by atoms with van der Waals surface area (Å²) in [6.07, 6.45) is 0. The number of nitro groups is 1. The first-order chi connectivity index (χ1) is 7.27. The zero-order chi connectivity index (χ0) is 10.7. The van der Waals surface area contributed by atoms with Crippen LogP contribution >= 0.6 is 11.8 Å². The molecular weight excluding hydrogens is 212 g/mol. The van der Waals surface area contributed by atoms with Gasteiger partial charge in [0.1, 0.15) is 0 Å². The predicted molar refractivity (Wildman–Crippen MR) is 61.2 cm³/mol. The first-order valence-electron chi connectivity index (χ1n) is 4.84. The van der Waals surface area contributed by atoms with Crippen LogP contribution in [0.2, 0.25) is 0 Å². The van der Waals surface area contributed by atoms with Crippen molar-refractivity contribution in [3.8, 4) is 0 Å². The molecule has 1 atom stereocenters. The highest BCUT2D eigenvalue weighted by molar-refractivity contribution is 7.99. The van der Waals surface area contributed by atoms with E-state index < -0.39 is 0 Å². The number of non-ortho nitro benzene ring substituents is 1. The van der Waals surface area contributed by atoms with Gasteiger partial charge < -0.3 is 5.32 Å². The molecule has 1 aromatic carbocycles. The molecule has 1 fully saturated rings. The lowest BCUT2D eigenvalue weighted by Crippen LogP contribution is -2.28. The zero-order valence-corrected chi connectivity index (χ0v) is 9.00. The van der Waals surface area contributed by atoms with Gasteiger partial charge in [0.05, 0.1) is 4.92 Å². The summed E-state index contributed by atoms with van der Waals surface area (Å²) in [4.78, 5) is 10.1. The van der Waals surface area contributed by atoms with Crippen LogP contribution in [0.15, 0.2) is 24.3 Å². The zero-order valence-electron chi connectivity index (χ0n) is 8.18. The van der Waals surface area contributed by atoms with Gasteiger partial charge in [-0.25, -0.2) is 0 Å². The second kappa shape index (κ2) is 4.63. The van der Waals surface area contributed by atoms with Gasteiger partial charge in [0.15, 0.2) is 0 Å². The highest BCUT2D eigenvalue weighted by Crippen LogP contribution is 2.30. The van der Waals surface area contributed by atoms with E-state index in [2.05, 4.69) is 5.32 Å². The molecule has 1 aliphatic rings. The molecule has 2 rings (SSSR count). The summed E-state index contributed by atoms with van der Waals surface area (Å²) in [5, 5.41) is 14.2. The number of hydrogen-bond donors (Lipinski definition) is 1. The van der Waals surface area contributed by atoms with Crippen LogP contribution in [0.25, 0.3) is 0 Å². The van der Waals surface area contributed by atoms with Crippen molar-refractivity contribution in [2.75, 3.05) is 18.8 Å². The summed E-state index contributed by atoms with van der Waals surface area (Å²) in [6.45, 7) is 2.00. The summed E-state index contributed by atoms with van der Waals surface area (Å²) in [6, 6.07) is 6.85. The van der Waals surface area contributed by atoms with Crippen LogP contribution in [0, 0.1) is 10.1 Å². The van der Waals surface area contributed by atoms with Gasteiger partial charge in [-0.3, -0.25) is 10.1 Å². The number of nitrogens with zero attached hydrogens (tertiary/aromatic N) is 1. The van der Waals surface area contributed by atoms with Gasteiger partial charge in [0, 0.05) is 36.2 Å². The lowest BCUT2D eigenvalue weighted by Gasteiger charge is -2.22. The third-order valence-corrected chi connectivity index (χ3v) is 3.68. The Balaban J connectivity index is 2.11. The Bertz CT molecular complexity index is 347. The molecule has 0 spiro atoms. The molecule has 0 aromatic heterocycles. The average molecular weight is 224 g/mol. The molecule has 0 saturated carbocycles. The quantitative estimate of drug-likeness (QED) is 0.616. The lowest BCUT2D eigenvalue weighted by atomic mass is 10.1. The third-order valence-electron chi connectivity index (χ3n) is 2.40. The van der Waals surface area contributed by atoms with Crippen molar-refractivity contribution >= 4 is 17.4 Å². The Hall–Kier alpha value is -1.07. The molecule has 1 unspecified atom stereocenters. The number of benzene rings is 1. The van der Waals surface area contributed by atoms with E-state index in [0.717, 1.165) is 24.4 Å². The average Bonchev–Trinajstić information content (AvgIpc) is 2.30. The normalized spacial score (nSPS) is 21.2. The van der Waals surface area contributed by atoms with Crippen LogP contribution in [0.3, 0.4) is 0 Å². The first kappa shape index (κ1) is 10.4. The maximum Gasteiger partial charge on any atom is 0.269 e. The van der Waals surface area contributed by atoms with Crippen LogP contribution in [0.5, 0.6) is 0 Å². The SMILES string of the molecule is O=[N+]([O-])c1ccc(C2CNCCS2)cc1. The number of rotatable bonds is 2. The molecule has 0 bridgehead atoms. The molecule has 0 amide bonds. The molecule has 1 heterocycles. The molecular formula is C10H12N2O2S. The van der Waals surface area contributed by atoms with Crippen molar-refractivity contribution in [1.29, 1.82) is 0 Å². The van der Waals surface area contributed by atoms with Crippen molar-refractivity contribution < 1.29 is 4.92 Å². The fourth-order valence-electron chi connectivity index (χ4n) is 1.59. The van der Waals surface area contributed by atoms with Gasteiger partial charge in [-0.2, -0.15) is 11.8 Å². The van der Waals surface area contributed by atoms with E-state index in [1.165, 1.54) is 0 Å². The topological polar surface area (TPSA) is 55.2 Å². The van der Waals surface area contributed by atoms with Crippen LogP contribution in [-0.4, -0.2) is 23.8 Å². The van der Waals surface area contributed by atoms with Crippen LogP contribution in [0.4, 0.5) is 5.69 Å². The summed E-state index contributed by atoms with van der Waals surface area (Å²) >= 11 is 1.90. The van der Waals surface area contributed by atoms with E-state index in [9.17, 15) is 10.1 Å². The van der Waals surface area contributed by atoms with E-state index in [4.69, 9.17) is 0 Å². The van der Waals surface area contributed by atoms with Gasteiger partial charge in [-0.15, -0.1) is 0 Å². The van der Waals surface area contributed by atoms with Gasteiger partial charge in [-0.05, 0) is 5.56 Å². The fourth-order valence-corrected chi connectivity index (χ4v) is 2.72. The van der Waals surface area contributed by atoms with E-state index >= 15 is 0 Å². The molecule has 1 saturated heterocycles. The second-order valence-corrected chi connectivity index (χ2v) is 4.72. The minimum atomic E-state index is -0.365. The Morgan fingerprint density at radius 3 is 2.67 bits per heavy atom. The van der Waals surface area contributed by atoms with Crippen LogP contribution in [-0.2, 0) is 0 Å². The molecule has 1 N–H and O–H groups in total. The monoisotopic (exact) mass is 224 g/mol. The highest BCUT2D eigenvalue weighted by atomic mass is 32.2. The van der Waals surface area contributed by atoms with Crippen molar-refractivity contribution in [2.45, 2.75) is 5.25 Å². The Kier molecular flexibility index (Phi) is 3.23. The summed E-state index contributed by atoms with van der Waals surface area (Å²) < 4.78 is 0. The minimum absolute atomic E-state index is 0.160. The first-order valence-corrected chi connectivity index (χ1v) is 5.89.